The van der Waals surface area contributed by atoms with Gasteiger partial charge >= 0.3 is 0 Å². The van der Waals surface area contributed by atoms with Crippen LogP contribution in [0.15, 0.2) is 42.7 Å². The monoisotopic (exact) mass is 495 g/mol. The van der Waals surface area contributed by atoms with Crippen molar-refractivity contribution >= 4 is 39.9 Å². The Hall–Kier alpha value is -3.79. The molecule has 0 aliphatic heterocycles. The zero-order chi connectivity index (χ0) is 25.7. The van der Waals surface area contributed by atoms with Gasteiger partial charge in [0.1, 0.15) is 35.7 Å². The molecule has 2 aromatic carbocycles. The van der Waals surface area contributed by atoms with Crippen LogP contribution >= 0.6 is 0 Å². The number of amides is 2. The standard InChI is InChI=1S/C26H30FN5O4/c1-16(2)14-28-24(33)26(8-9-26)25(34)32-18-6-4-17(5-7-18)31-23-22-20(27)12-19(36-11-10-35-3)13-21(22)29-15-30-23/h4-7,12-13,15-16H,8-11,14H2,1-3H3,(H,28,33)(H,32,34)(H,29,30,31). The van der Waals surface area contributed by atoms with Crippen LogP contribution in [-0.2, 0) is 14.3 Å². The number of carbonyl (C=O) groups is 2. The summed E-state index contributed by atoms with van der Waals surface area (Å²) in [5, 5.41) is 9.02. The number of rotatable bonds is 11. The van der Waals surface area contributed by atoms with Crippen LogP contribution in [0.5, 0.6) is 5.75 Å². The SMILES string of the molecule is COCCOc1cc(F)c2c(Nc3ccc(NC(=O)C4(C(=O)NCC(C)C)CC4)cc3)ncnc2c1. The first kappa shape index (κ1) is 25.3. The van der Waals surface area contributed by atoms with E-state index in [4.69, 9.17) is 9.47 Å². The molecule has 0 spiro atoms. The van der Waals surface area contributed by atoms with Crippen LogP contribution in [0.3, 0.4) is 0 Å². The Morgan fingerprint density at radius 3 is 2.44 bits per heavy atom. The number of nitrogens with one attached hydrogen (secondary N) is 3. The van der Waals surface area contributed by atoms with Crippen molar-refractivity contribution in [2.75, 3.05) is 37.5 Å². The fourth-order valence-electron chi connectivity index (χ4n) is 3.71. The number of methoxy groups -OCH3 is 1. The lowest BCUT2D eigenvalue weighted by molar-refractivity contribution is -0.134. The number of ether oxygens (including phenoxy) is 2. The van der Waals surface area contributed by atoms with Crippen molar-refractivity contribution in [3.63, 3.8) is 0 Å². The molecule has 1 aliphatic rings. The van der Waals surface area contributed by atoms with Crippen LogP contribution < -0.4 is 20.7 Å². The van der Waals surface area contributed by atoms with Crippen LogP contribution in [0.25, 0.3) is 10.9 Å². The number of nitrogens with zero attached hydrogens (tertiary/aromatic N) is 2. The van der Waals surface area contributed by atoms with E-state index in [2.05, 4.69) is 25.9 Å². The van der Waals surface area contributed by atoms with E-state index < -0.39 is 11.2 Å². The second kappa shape index (κ2) is 10.9. The van der Waals surface area contributed by atoms with Crippen molar-refractivity contribution in [2.24, 2.45) is 11.3 Å². The molecule has 0 saturated heterocycles. The Morgan fingerprint density at radius 1 is 1.06 bits per heavy atom. The summed E-state index contributed by atoms with van der Waals surface area (Å²) >= 11 is 0. The molecule has 3 N–H and O–H groups in total. The van der Waals surface area contributed by atoms with E-state index in [1.807, 2.05) is 13.8 Å². The smallest absolute Gasteiger partial charge is 0.240 e. The Morgan fingerprint density at radius 2 is 1.78 bits per heavy atom. The normalized spacial score (nSPS) is 13.9. The largest absolute Gasteiger partial charge is 0.491 e. The van der Waals surface area contributed by atoms with Crippen molar-refractivity contribution in [3.05, 3.63) is 48.5 Å². The predicted octanol–water partition coefficient (Wildman–Crippen LogP) is 4.03. The van der Waals surface area contributed by atoms with Crippen molar-refractivity contribution in [1.29, 1.82) is 0 Å². The minimum absolute atomic E-state index is 0.225. The highest BCUT2D eigenvalue weighted by atomic mass is 19.1. The van der Waals surface area contributed by atoms with Gasteiger partial charge in [-0.15, -0.1) is 0 Å². The van der Waals surface area contributed by atoms with E-state index >= 15 is 0 Å². The molecule has 9 nitrogen and oxygen atoms in total. The molecule has 1 fully saturated rings. The minimum atomic E-state index is -0.991. The van der Waals surface area contributed by atoms with Gasteiger partial charge in [0, 0.05) is 37.2 Å². The van der Waals surface area contributed by atoms with Gasteiger partial charge in [-0.1, -0.05) is 13.8 Å². The van der Waals surface area contributed by atoms with Crippen LogP contribution in [0, 0.1) is 17.2 Å². The van der Waals surface area contributed by atoms with Gasteiger partial charge < -0.3 is 25.4 Å². The molecular weight excluding hydrogens is 465 g/mol. The first-order valence-corrected chi connectivity index (χ1v) is 11.9. The third-order valence-corrected chi connectivity index (χ3v) is 5.92. The van der Waals surface area contributed by atoms with Gasteiger partial charge in [0.15, 0.2) is 0 Å². The molecular formula is C26H30FN5O4. The van der Waals surface area contributed by atoms with Crippen LogP contribution in [-0.4, -0.2) is 48.7 Å². The van der Waals surface area contributed by atoms with Crippen molar-refractivity contribution in [3.8, 4) is 5.75 Å². The molecule has 3 aromatic rings. The van der Waals surface area contributed by atoms with Gasteiger partial charge in [0.25, 0.3) is 0 Å². The number of fused-ring (bicyclic) bond motifs is 1. The third kappa shape index (κ3) is 5.71. The summed E-state index contributed by atoms with van der Waals surface area (Å²) in [5.41, 5.74) is 0.609. The number of hydrogen-bond donors (Lipinski definition) is 3. The maximum atomic E-state index is 14.9. The number of carbonyl (C=O) groups excluding carboxylic acids is 2. The van der Waals surface area contributed by atoms with Crippen molar-refractivity contribution < 1.29 is 23.5 Å². The zero-order valence-corrected chi connectivity index (χ0v) is 20.6. The van der Waals surface area contributed by atoms with E-state index in [1.165, 1.54) is 12.4 Å². The highest BCUT2D eigenvalue weighted by Crippen LogP contribution is 2.47. The lowest BCUT2D eigenvalue weighted by Crippen LogP contribution is -2.41. The fourth-order valence-corrected chi connectivity index (χ4v) is 3.71. The Balaban J connectivity index is 1.43. The number of halogens is 1. The van der Waals surface area contributed by atoms with Gasteiger partial charge in [-0.2, -0.15) is 0 Å². The van der Waals surface area contributed by atoms with Gasteiger partial charge in [-0.25, -0.2) is 14.4 Å². The number of benzene rings is 2. The average Bonchev–Trinajstić information content (AvgIpc) is 3.66. The summed E-state index contributed by atoms with van der Waals surface area (Å²) in [5.74, 6) is -0.0830. The van der Waals surface area contributed by atoms with Crippen molar-refractivity contribution in [1.82, 2.24) is 15.3 Å². The van der Waals surface area contributed by atoms with Gasteiger partial charge in [0.2, 0.25) is 11.8 Å². The Bertz CT molecular complexity index is 1250. The second-order valence-corrected chi connectivity index (χ2v) is 9.21. The van der Waals surface area contributed by atoms with Crippen molar-refractivity contribution in [2.45, 2.75) is 26.7 Å². The summed E-state index contributed by atoms with van der Waals surface area (Å²) in [6.07, 6.45) is 2.42. The molecule has 0 atom stereocenters. The molecule has 190 valence electrons. The molecule has 4 rings (SSSR count). The van der Waals surface area contributed by atoms with E-state index in [9.17, 15) is 14.0 Å². The zero-order valence-electron chi connectivity index (χ0n) is 20.6. The highest BCUT2D eigenvalue weighted by Gasteiger charge is 2.56. The van der Waals surface area contributed by atoms with Crippen LogP contribution in [0.4, 0.5) is 21.6 Å². The average molecular weight is 496 g/mol. The maximum Gasteiger partial charge on any atom is 0.240 e. The molecule has 1 saturated carbocycles. The highest BCUT2D eigenvalue weighted by molar-refractivity contribution is 6.13. The summed E-state index contributed by atoms with van der Waals surface area (Å²) in [6, 6.07) is 9.83. The van der Waals surface area contributed by atoms with E-state index in [1.54, 1.807) is 37.4 Å². The van der Waals surface area contributed by atoms with E-state index in [0.717, 1.165) is 0 Å². The fraction of sp³-hybridized carbons (Fsp3) is 0.385. The Kier molecular flexibility index (Phi) is 7.64. The first-order valence-electron chi connectivity index (χ1n) is 11.9. The quantitative estimate of drug-likeness (QED) is 0.272. The molecule has 1 aromatic heterocycles. The number of hydrogen-bond acceptors (Lipinski definition) is 7. The lowest BCUT2D eigenvalue weighted by atomic mass is 10.0. The lowest BCUT2D eigenvalue weighted by Gasteiger charge is -2.16. The molecule has 0 bridgehead atoms. The van der Waals surface area contributed by atoms with Gasteiger partial charge in [-0.3, -0.25) is 9.59 Å². The molecule has 0 unspecified atom stereocenters. The summed E-state index contributed by atoms with van der Waals surface area (Å²) in [7, 11) is 1.56. The molecule has 2 amide bonds. The maximum absolute atomic E-state index is 14.9. The molecule has 1 aliphatic carbocycles. The van der Waals surface area contributed by atoms with Crippen LogP contribution in [0.1, 0.15) is 26.7 Å². The summed E-state index contributed by atoms with van der Waals surface area (Å²) in [4.78, 5) is 33.6. The minimum Gasteiger partial charge on any atom is -0.491 e. The molecule has 36 heavy (non-hydrogen) atoms. The molecule has 0 radical (unpaired) electrons. The van der Waals surface area contributed by atoms with E-state index in [-0.39, 0.29) is 17.2 Å². The first-order chi connectivity index (χ1) is 17.3. The predicted molar refractivity (Wildman–Crippen MR) is 135 cm³/mol. The topological polar surface area (TPSA) is 114 Å². The summed E-state index contributed by atoms with van der Waals surface area (Å²) in [6.45, 7) is 5.23. The molecule has 1 heterocycles. The Labute approximate surface area is 208 Å². The molecule has 10 heteroatoms. The van der Waals surface area contributed by atoms with Gasteiger partial charge in [-0.05, 0) is 43.0 Å². The number of anilines is 3. The van der Waals surface area contributed by atoms with Gasteiger partial charge in [0.05, 0.1) is 17.5 Å². The summed E-state index contributed by atoms with van der Waals surface area (Å²) < 4.78 is 25.3. The van der Waals surface area contributed by atoms with E-state index in [0.29, 0.717) is 67.0 Å². The third-order valence-electron chi connectivity index (χ3n) is 5.92. The second-order valence-electron chi connectivity index (χ2n) is 9.21. The van der Waals surface area contributed by atoms with Crippen LogP contribution in [0.2, 0.25) is 0 Å². The number of aromatic nitrogens is 2.